The molecule has 0 amide bonds. The highest BCUT2D eigenvalue weighted by molar-refractivity contribution is 6.18. The molecule has 0 atom stereocenters. The number of benzene rings is 1. The van der Waals surface area contributed by atoms with Gasteiger partial charge in [0, 0.05) is 22.7 Å². The highest BCUT2D eigenvalue weighted by Crippen LogP contribution is 2.15. The van der Waals surface area contributed by atoms with Gasteiger partial charge in [0.1, 0.15) is 0 Å². The Labute approximate surface area is 144 Å². The number of hydrogen-bond donors (Lipinski definition) is 3. The van der Waals surface area contributed by atoms with Gasteiger partial charge in [0.25, 0.3) is 5.95 Å². The number of aromatic nitrogens is 1. The summed E-state index contributed by atoms with van der Waals surface area (Å²) in [6.07, 6.45) is 3.27. The van der Waals surface area contributed by atoms with Crippen molar-refractivity contribution >= 4 is 28.9 Å². The molecule has 0 fully saturated rings. The molecule has 0 aliphatic heterocycles. The number of fused-ring (bicyclic) bond motifs is 1. The number of nitrogens with two attached hydrogens (primary N) is 1. The lowest BCUT2D eigenvalue weighted by Crippen LogP contribution is -2.25. The Balaban J connectivity index is 2.27. The van der Waals surface area contributed by atoms with Crippen LogP contribution < -0.4 is 5.73 Å². The molecule has 2 aromatic rings. The fraction of sp³-hybridized carbons (Fsp3) is 0.235. The zero-order valence-electron chi connectivity index (χ0n) is 14.0. The minimum atomic E-state index is -0.836. The molecule has 2 rings (SSSR count). The predicted molar refractivity (Wildman–Crippen MR) is 95.4 cm³/mol. The van der Waals surface area contributed by atoms with Crippen LogP contribution in [0.3, 0.4) is 0 Å². The molecule has 8 nitrogen and oxygen atoms in total. The summed E-state index contributed by atoms with van der Waals surface area (Å²) in [6.45, 7) is 3.56. The van der Waals surface area contributed by atoms with Gasteiger partial charge in [-0.25, -0.2) is 4.79 Å². The van der Waals surface area contributed by atoms with Crippen LogP contribution in [0.25, 0.3) is 10.9 Å². The van der Waals surface area contributed by atoms with Gasteiger partial charge in [0.2, 0.25) is 0 Å². The second-order valence-corrected chi connectivity index (χ2v) is 4.85. The molecular formula is C17H20N4O4. The number of rotatable bonds is 7. The molecule has 132 valence electrons. The molecule has 1 aromatic heterocycles. The predicted octanol–water partition coefficient (Wildman–Crippen LogP) is 2.23. The third kappa shape index (κ3) is 4.37. The van der Waals surface area contributed by atoms with Crippen molar-refractivity contribution < 1.29 is 19.4 Å². The van der Waals surface area contributed by atoms with Crippen molar-refractivity contribution in [2.45, 2.75) is 13.8 Å². The number of hydrogen-bond acceptors (Lipinski definition) is 6. The molecule has 0 spiro atoms. The van der Waals surface area contributed by atoms with Gasteiger partial charge in [0.05, 0.1) is 19.4 Å². The van der Waals surface area contributed by atoms with Crippen LogP contribution in [0.2, 0.25) is 0 Å². The molecule has 1 aromatic carbocycles. The van der Waals surface area contributed by atoms with Crippen LogP contribution >= 0.6 is 0 Å². The Bertz CT molecular complexity index is 836. The lowest BCUT2D eigenvalue weighted by atomic mass is 10.2. The van der Waals surface area contributed by atoms with Gasteiger partial charge in [0.15, 0.2) is 11.4 Å². The number of carbonyl (C=O) groups is 1. The third-order valence-electron chi connectivity index (χ3n) is 3.21. The zero-order chi connectivity index (χ0) is 18.2. The number of ether oxygens (including phenoxy) is 2. The molecule has 0 aliphatic carbocycles. The summed E-state index contributed by atoms with van der Waals surface area (Å²) in [4.78, 5) is 15.0. The maximum Gasteiger partial charge on any atom is 0.349 e. The van der Waals surface area contributed by atoms with Crippen molar-refractivity contribution in [3.63, 3.8) is 0 Å². The first-order chi connectivity index (χ1) is 12.1. The van der Waals surface area contributed by atoms with E-state index in [-0.39, 0.29) is 24.6 Å². The van der Waals surface area contributed by atoms with E-state index in [0.717, 1.165) is 16.5 Å². The van der Waals surface area contributed by atoms with Crippen LogP contribution in [-0.2, 0) is 14.3 Å². The van der Waals surface area contributed by atoms with Crippen LogP contribution in [0.4, 0.5) is 0 Å². The van der Waals surface area contributed by atoms with Crippen LogP contribution in [0.15, 0.2) is 52.2 Å². The Morgan fingerprint density at radius 2 is 2.00 bits per heavy atom. The topological polar surface area (TPSA) is 122 Å². The minimum Gasteiger partial charge on any atom is -0.480 e. The van der Waals surface area contributed by atoms with E-state index in [1.54, 1.807) is 20.0 Å². The maximum atomic E-state index is 11.9. The summed E-state index contributed by atoms with van der Waals surface area (Å²) in [6, 6.07) is 7.70. The summed E-state index contributed by atoms with van der Waals surface area (Å²) < 4.78 is 9.77. The Morgan fingerprint density at radius 3 is 2.72 bits per heavy atom. The summed E-state index contributed by atoms with van der Waals surface area (Å²) >= 11 is 0. The van der Waals surface area contributed by atoms with Crippen LogP contribution in [0, 0.1) is 0 Å². The zero-order valence-corrected chi connectivity index (χ0v) is 14.0. The van der Waals surface area contributed by atoms with E-state index in [0.29, 0.717) is 0 Å². The van der Waals surface area contributed by atoms with Gasteiger partial charge < -0.3 is 25.3 Å². The Kier molecular flexibility index (Phi) is 6.16. The SMILES string of the molecule is CCOC(=O)C(/C(N)=N\N=C\c1c[nH]c2ccccc12)=C(\O)OCC. The van der Waals surface area contributed by atoms with Crippen molar-refractivity contribution in [1.29, 1.82) is 0 Å². The average Bonchev–Trinajstić information content (AvgIpc) is 2.99. The molecule has 0 saturated carbocycles. The third-order valence-corrected chi connectivity index (χ3v) is 3.21. The van der Waals surface area contributed by atoms with Crippen LogP contribution in [0.5, 0.6) is 0 Å². The summed E-state index contributed by atoms with van der Waals surface area (Å²) in [5.41, 5.74) is 7.17. The number of aromatic amines is 1. The quantitative estimate of drug-likeness (QED) is 0.177. The molecular weight excluding hydrogens is 324 g/mol. The highest BCUT2D eigenvalue weighted by Gasteiger charge is 2.22. The average molecular weight is 344 g/mol. The summed E-state index contributed by atoms with van der Waals surface area (Å²) in [5, 5.41) is 18.5. The van der Waals surface area contributed by atoms with E-state index in [4.69, 9.17) is 15.2 Å². The molecule has 0 bridgehead atoms. The van der Waals surface area contributed by atoms with Crippen molar-refractivity contribution in [1.82, 2.24) is 4.98 Å². The molecule has 0 unspecified atom stereocenters. The van der Waals surface area contributed by atoms with Crippen molar-refractivity contribution in [3.8, 4) is 0 Å². The van der Waals surface area contributed by atoms with Crippen molar-refractivity contribution in [2.24, 2.45) is 15.9 Å². The standard InChI is InChI=1S/C17H20N4O4/c1-3-24-16(22)14(17(23)25-4-2)15(18)21-20-10-11-9-19-13-8-6-5-7-12(11)13/h5-10,19,22H,3-4H2,1-2H3,(H2,18,21)/b16-14+,20-10+. The maximum absolute atomic E-state index is 11.9. The lowest BCUT2D eigenvalue weighted by molar-refractivity contribution is -0.138. The Hall–Kier alpha value is -3.29. The smallest absolute Gasteiger partial charge is 0.349 e. The number of esters is 1. The fourth-order valence-electron chi connectivity index (χ4n) is 2.12. The van der Waals surface area contributed by atoms with Gasteiger partial charge in [-0.05, 0) is 19.9 Å². The van der Waals surface area contributed by atoms with E-state index < -0.39 is 11.9 Å². The number of amidine groups is 1. The normalized spacial score (nSPS) is 13.1. The molecule has 0 aliphatic rings. The van der Waals surface area contributed by atoms with E-state index in [9.17, 15) is 9.90 Å². The first-order valence-electron chi connectivity index (χ1n) is 7.74. The van der Waals surface area contributed by atoms with Crippen molar-refractivity contribution in [2.75, 3.05) is 13.2 Å². The Morgan fingerprint density at radius 1 is 1.28 bits per heavy atom. The van der Waals surface area contributed by atoms with Gasteiger partial charge in [-0.2, -0.15) is 5.10 Å². The lowest BCUT2D eigenvalue weighted by Gasteiger charge is -2.08. The number of nitrogens with zero attached hydrogens (tertiary/aromatic N) is 2. The van der Waals surface area contributed by atoms with Gasteiger partial charge >= 0.3 is 5.97 Å². The first kappa shape index (κ1) is 18.1. The monoisotopic (exact) mass is 344 g/mol. The minimum absolute atomic E-state index is 0.119. The van der Waals surface area contributed by atoms with Gasteiger partial charge in [-0.3, -0.25) is 0 Å². The fourth-order valence-corrected chi connectivity index (χ4v) is 2.12. The first-order valence-corrected chi connectivity index (χ1v) is 7.74. The molecule has 0 radical (unpaired) electrons. The number of para-hydroxylation sites is 1. The largest absolute Gasteiger partial charge is 0.480 e. The summed E-state index contributed by atoms with van der Waals surface area (Å²) in [7, 11) is 0. The van der Waals surface area contributed by atoms with Crippen LogP contribution in [-0.4, -0.2) is 41.3 Å². The summed E-state index contributed by atoms with van der Waals surface area (Å²) in [5.74, 6) is -1.79. The van der Waals surface area contributed by atoms with Crippen molar-refractivity contribution in [3.05, 3.63) is 47.5 Å². The second-order valence-electron chi connectivity index (χ2n) is 4.85. The van der Waals surface area contributed by atoms with E-state index in [1.807, 2.05) is 24.3 Å². The molecule has 4 N–H and O–H groups in total. The van der Waals surface area contributed by atoms with E-state index >= 15 is 0 Å². The second kappa shape index (κ2) is 8.53. The van der Waals surface area contributed by atoms with E-state index in [2.05, 4.69) is 15.2 Å². The molecule has 8 heteroatoms. The molecule has 25 heavy (non-hydrogen) atoms. The number of aliphatic hydroxyl groups is 1. The number of H-pyrrole nitrogens is 1. The number of aliphatic hydroxyl groups excluding tert-OH is 1. The molecule has 0 saturated heterocycles. The van der Waals surface area contributed by atoms with Gasteiger partial charge in [-0.15, -0.1) is 5.10 Å². The van der Waals surface area contributed by atoms with E-state index in [1.165, 1.54) is 6.21 Å². The van der Waals surface area contributed by atoms with Gasteiger partial charge in [-0.1, -0.05) is 18.2 Å². The number of nitrogens with one attached hydrogen (secondary N) is 1. The van der Waals surface area contributed by atoms with Crippen LogP contribution in [0.1, 0.15) is 19.4 Å². The molecule has 1 heterocycles. The highest BCUT2D eigenvalue weighted by atomic mass is 16.6. The number of carbonyl (C=O) groups excluding carboxylic acids is 1.